The number of benzene rings is 1. The lowest BCUT2D eigenvalue weighted by atomic mass is 9.87. The molecule has 2 atom stereocenters. The van der Waals surface area contributed by atoms with Crippen molar-refractivity contribution < 1.29 is 5.11 Å². The molecule has 0 radical (unpaired) electrons. The molecule has 13 heavy (non-hydrogen) atoms. The predicted octanol–water partition coefficient (Wildman–Crippen LogP) is 2.48. The van der Waals surface area contributed by atoms with E-state index >= 15 is 0 Å². The van der Waals surface area contributed by atoms with Crippen LogP contribution >= 0.6 is 0 Å². The molecule has 0 aliphatic heterocycles. The summed E-state index contributed by atoms with van der Waals surface area (Å²) >= 11 is 0. The van der Waals surface area contributed by atoms with Gasteiger partial charge in [-0.3, -0.25) is 0 Å². The van der Waals surface area contributed by atoms with Crippen LogP contribution in [0.1, 0.15) is 24.3 Å². The van der Waals surface area contributed by atoms with Gasteiger partial charge in [-0.05, 0) is 24.3 Å². The van der Waals surface area contributed by atoms with Gasteiger partial charge in [-0.15, -0.1) is 0 Å². The highest BCUT2D eigenvalue weighted by atomic mass is 16.3. The van der Waals surface area contributed by atoms with Crippen molar-refractivity contribution in [1.29, 1.82) is 0 Å². The van der Waals surface area contributed by atoms with Crippen LogP contribution in [0.3, 0.4) is 0 Å². The topological polar surface area (TPSA) is 20.2 Å². The van der Waals surface area contributed by atoms with E-state index in [2.05, 4.69) is 30.3 Å². The molecule has 0 heterocycles. The molecule has 0 amide bonds. The lowest BCUT2D eigenvalue weighted by Crippen LogP contribution is -2.13. The molecule has 0 unspecified atom stereocenters. The monoisotopic (exact) mass is 174 g/mol. The third kappa shape index (κ3) is 1.99. The van der Waals surface area contributed by atoms with Crippen LogP contribution in [0.2, 0.25) is 0 Å². The van der Waals surface area contributed by atoms with E-state index < -0.39 is 0 Å². The van der Waals surface area contributed by atoms with Gasteiger partial charge >= 0.3 is 0 Å². The van der Waals surface area contributed by atoms with E-state index in [1.54, 1.807) is 0 Å². The SMILES string of the molecule is O[C@H]1C=CC[C@@H](c2ccccc2)C1. The quantitative estimate of drug-likeness (QED) is 0.648. The molecule has 2 rings (SSSR count). The first-order chi connectivity index (χ1) is 6.36. The average molecular weight is 174 g/mol. The summed E-state index contributed by atoms with van der Waals surface area (Å²) in [6.45, 7) is 0. The molecule has 1 nitrogen and oxygen atoms in total. The summed E-state index contributed by atoms with van der Waals surface area (Å²) in [5, 5.41) is 9.45. The van der Waals surface area contributed by atoms with Gasteiger partial charge in [0, 0.05) is 0 Å². The maximum absolute atomic E-state index is 9.45. The minimum atomic E-state index is -0.251. The zero-order chi connectivity index (χ0) is 9.10. The number of rotatable bonds is 1. The minimum Gasteiger partial charge on any atom is -0.389 e. The molecule has 0 aromatic heterocycles. The molecule has 1 aromatic rings. The summed E-state index contributed by atoms with van der Waals surface area (Å²) in [6.07, 6.45) is 5.63. The second-order valence-electron chi connectivity index (χ2n) is 3.57. The van der Waals surface area contributed by atoms with E-state index in [1.165, 1.54) is 5.56 Å². The summed E-state index contributed by atoms with van der Waals surface area (Å²) in [6, 6.07) is 10.4. The number of aliphatic hydroxyl groups is 1. The van der Waals surface area contributed by atoms with Crippen LogP contribution in [0.25, 0.3) is 0 Å². The highest BCUT2D eigenvalue weighted by Crippen LogP contribution is 2.28. The first-order valence-corrected chi connectivity index (χ1v) is 4.76. The molecule has 1 aliphatic carbocycles. The lowest BCUT2D eigenvalue weighted by molar-refractivity contribution is 0.195. The summed E-state index contributed by atoms with van der Waals surface area (Å²) in [5.74, 6) is 0.501. The Morgan fingerprint density at radius 3 is 2.62 bits per heavy atom. The minimum absolute atomic E-state index is 0.251. The van der Waals surface area contributed by atoms with Crippen molar-refractivity contribution in [2.24, 2.45) is 0 Å². The fourth-order valence-electron chi connectivity index (χ4n) is 1.86. The predicted molar refractivity (Wildman–Crippen MR) is 53.6 cm³/mol. The van der Waals surface area contributed by atoms with Crippen LogP contribution in [-0.2, 0) is 0 Å². The normalized spacial score (nSPS) is 27.5. The first-order valence-electron chi connectivity index (χ1n) is 4.76. The van der Waals surface area contributed by atoms with Gasteiger partial charge in [-0.1, -0.05) is 42.5 Å². The lowest BCUT2D eigenvalue weighted by Gasteiger charge is -2.21. The van der Waals surface area contributed by atoms with Crippen molar-refractivity contribution >= 4 is 0 Å². The summed E-state index contributed by atoms with van der Waals surface area (Å²) in [5.41, 5.74) is 1.34. The molecular weight excluding hydrogens is 160 g/mol. The molecular formula is C12H14O. The summed E-state index contributed by atoms with van der Waals surface area (Å²) in [7, 11) is 0. The van der Waals surface area contributed by atoms with E-state index in [4.69, 9.17) is 0 Å². The van der Waals surface area contributed by atoms with Crippen LogP contribution in [0.15, 0.2) is 42.5 Å². The average Bonchev–Trinajstić information content (AvgIpc) is 2.19. The fourth-order valence-corrected chi connectivity index (χ4v) is 1.86. The molecule has 68 valence electrons. The molecule has 1 heteroatoms. The zero-order valence-electron chi connectivity index (χ0n) is 7.56. The number of hydrogen-bond acceptors (Lipinski definition) is 1. The molecule has 0 bridgehead atoms. The highest BCUT2D eigenvalue weighted by molar-refractivity contribution is 5.22. The van der Waals surface area contributed by atoms with Crippen molar-refractivity contribution in [3.8, 4) is 0 Å². The molecule has 0 spiro atoms. The molecule has 0 saturated carbocycles. The third-order valence-electron chi connectivity index (χ3n) is 2.58. The van der Waals surface area contributed by atoms with E-state index in [1.807, 2.05) is 12.1 Å². The Bertz CT molecular complexity index is 289. The highest BCUT2D eigenvalue weighted by Gasteiger charge is 2.16. The Hall–Kier alpha value is -1.08. The molecule has 1 N–H and O–H groups in total. The summed E-state index contributed by atoms with van der Waals surface area (Å²) < 4.78 is 0. The Balaban J connectivity index is 2.15. The van der Waals surface area contributed by atoms with Crippen molar-refractivity contribution in [2.75, 3.05) is 0 Å². The van der Waals surface area contributed by atoms with E-state index in [9.17, 15) is 5.11 Å². The van der Waals surface area contributed by atoms with Gasteiger partial charge in [0.15, 0.2) is 0 Å². The van der Waals surface area contributed by atoms with Crippen LogP contribution in [0.5, 0.6) is 0 Å². The van der Waals surface area contributed by atoms with Gasteiger partial charge in [0.05, 0.1) is 6.10 Å². The summed E-state index contributed by atoms with van der Waals surface area (Å²) in [4.78, 5) is 0. The Labute approximate surface area is 78.7 Å². The second kappa shape index (κ2) is 3.75. The molecule has 1 aliphatic rings. The van der Waals surface area contributed by atoms with Crippen LogP contribution in [-0.4, -0.2) is 11.2 Å². The van der Waals surface area contributed by atoms with Crippen LogP contribution in [0, 0.1) is 0 Å². The standard InChI is InChI=1S/C12H14O/c13-12-8-4-7-11(9-12)10-5-2-1-3-6-10/h1-6,8,11-13H,7,9H2/t11-,12+/m1/s1. The molecule has 0 saturated heterocycles. The Morgan fingerprint density at radius 2 is 1.92 bits per heavy atom. The number of allylic oxidation sites excluding steroid dienone is 1. The van der Waals surface area contributed by atoms with E-state index in [0.717, 1.165) is 12.8 Å². The maximum Gasteiger partial charge on any atom is 0.0726 e. The van der Waals surface area contributed by atoms with Crippen LogP contribution < -0.4 is 0 Å². The largest absolute Gasteiger partial charge is 0.389 e. The van der Waals surface area contributed by atoms with Gasteiger partial charge in [0.25, 0.3) is 0 Å². The molecule has 0 fully saturated rings. The van der Waals surface area contributed by atoms with Gasteiger partial charge < -0.3 is 5.11 Å². The number of aliphatic hydroxyl groups excluding tert-OH is 1. The third-order valence-corrected chi connectivity index (χ3v) is 2.58. The number of hydrogen-bond donors (Lipinski definition) is 1. The van der Waals surface area contributed by atoms with Crippen molar-refractivity contribution in [3.63, 3.8) is 0 Å². The van der Waals surface area contributed by atoms with E-state index in [0.29, 0.717) is 5.92 Å². The molecule has 1 aromatic carbocycles. The van der Waals surface area contributed by atoms with Gasteiger partial charge in [0.2, 0.25) is 0 Å². The fraction of sp³-hybridized carbons (Fsp3) is 0.333. The van der Waals surface area contributed by atoms with Crippen molar-refractivity contribution in [1.82, 2.24) is 0 Å². The Kier molecular flexibility index (Phi) is 2.46. The van der Waals surface area contributed by atoms with Gasteiger partial charge in [0.1, 0.15) is 0 Å². The Morgan fingerprint density at radius 1 is 1.15 bits per heavy atom. The van der Waals surface area contributed by atoms with Gasteiger partial charge in [-0.2, -0.15) is 0 Å². The maximum atomic E-state index is 9.45. The zero-order valence-corrected chi connectivity index (χ0v) is 7.56. The van der Waals surface area contributed by atoms with Crippen molar-refractivity contribution in [2.45, 2.75) is 24.9 Å². The smallest absolute Gasteiger partial charge is 0.0726 e. The van der Waals surface area contributed by atoms with Gasteiger partial charge in [-0.25, -0.2) is 0 Å². The van der Waals surface area contributed by atoms with Crippen LogP contribution in [0.4, 0.5) is 0 Å². The van der Waals surface area contributed by atoms with E-state index in [-0.39, 0.29) is 6.10 Å². The second-order valence-corrected chi connectivity index (χ2v) is 3.57. The van der Waals surface area contributed by atoms with Crippen molar-refractivity contribution in [3.05, 3.63) is 48.0 Å². The first kappa shape index (κ1) is 8.52.